The van der Waals surface area contributed by atoms with Crippen LogP contribution >= 0.6 is 11.3 Å². The normalized spacial score (nSPS) is 14.3. The zero-order chi connectivity index (χ0) is 12.7. The van der Waals surface area contributed by atoms with E-state index in [1.54, 1.807) is 11.3 Å². The molecule has 0 radical (unpaired) electrons. The Morgan fingerprint density at radius 3 is 2.76 bits per heavy atom. The fourth-order valence-electron chi connectivity index (χ4n) is 1.82. The second kappa shape index (κ2) is 7.45. The third-order valence-corrected chi connectivity index (χ3v) is 3.66. The van der Waals surface area contributed by atoms with Crippen LogP contribution in [-0.4, -0.2) is 18.5 Å². The molecular weight excluding hydrogens is 232 g/mol. The van der Waals surface area contributed by atoms with Gasteiger partial charge in [0.25, 0.3) is 0 Å². The summed E-state index contributed by atoms with van der Waals surface area (Å²) in [7, 11) is 0. The Kier molecular flexibility index (Phi) is 6.22. The molecule has 0 aliphatic heterocycles. The van der Waals surface area contributed by atoms with Gasteiger partial charge in [-0.05, 0) is 31.3 Å². The highest BCUT2D eigenvalue weighted by molar-refractivity contribution is 7.10. The fourth-order valence-corrected chi connectivity index (χ4v) is 2.68. The van der Waals surface area contributed by atoms with Crippen LogP contribution in [0.5, 0.6) is 0 Å². The molecular formula is C13H22N2OS. The monoisotopic (exact) mass is 254 g/mol. The molecule has 1 amide bonds. The van der Waals surface area contributed by atoms with Gasteiger partial charge in [0.2, 0.25) is 5.91 Å². The van der Waals surface area contributed by atoms with Gasteiger partial charge in [0.1, 0.15) is 0 Å². The third-order valence-electron chi connectivity index (χ3n) is 2.67. The Morgan fingerprint density at radius 1 is 1.47 bits per heavy atom. The van der Waals surface area contributed by atoms with Crippen molar-refractivity contribution >= 4 is 17.2 Å². The zero-order valence-electron chi connectivity index (χ0n) is 10.8. The van der Waals surface area contributed by atoms with Gasteiger partial charge in [0.15, 0.2) is 0 Å². The van der Waals surface area contributed by atoms with Crippen molar-refractivity contribution in [3.05, 3.63) is 22.4 Å². The Balaban J connectivity index is 2.43. The summed E-state index contributed by atoms with van der Waals surface area (Å²) in [4.78, 5) is 13.1. The van der Waals surface area contributed by atoms with E-state index in [-0.39, 0.29) is 18.0 Å². The van der Waals surface area contributed by atoms with Crippen LogP contribution in [0.25, 0.3) is 0 Å². The quantitative estimate of drug-likeness (QED) is 0.785. The largest absolute Gasteiger partial charge is 0.348 e. The number of thiophene rings is 1. The molecule has 17 heavy (non-hydrogen) atoms. The van der Waals surface area contributed by atoms with Crippen LogP contribution in [0.1, 0.15) is 44.5 Å². The molecule has 2 N–H and O–H groups in total. The van der Waals surface area contributed by atoms with Crippen LogP contribution in [0.4, 0.5) is 0 Å². The molecule has 0 aromatic carbocycles. The molecule has 1 rings (SSSR count). The summed E-state index contributed by atoms with van der Waals surface area (Å²) < 4.78 is 0. The van der Waals surface area contributed by atoms with Gasteiger partial charge in [-0.1, -0.05) is 19.9 Å². The first-order valence-corrected chi connectivity index (χ1v) is 7.11. The highest BCUT2D eigenvalue weighted by Crippen LogP contribution is 2.21. The molecule has 0 saturated heterocycles. The Hall–Kier alpha value is -0.870. The molecule has 1 aromatic rings. The average Bonchev–Trinajstić information content (AvgIpc) is 2.79. The number of carbonyl (C=O) groups excluding carboxylic acids is 1. The predicted molar refractivity (Wildman–Crippen MR) is 73.2 cm³/mol. The smallest absolute Gasteiger partial charge is 0.222 e. The van der Waals surface area contributed by atoms with E-state index in [1.807, 2.05) is 18.4 Å². The van der Waals surface area contributed by atoms with Crippen molar-refractivity contribution in [1.29, 1.82) is 0 Å². The molecule has 96 valence electrons. The molecule has 0 saturated carbocycles. The van der Waals surface area contributed by atoms with Crippen LogP contribution in [-0.2, 0) is 4.79 Å². The third kappa shape index (κ3) is 4.88. The highest BCUT2D eigenvalue weighted by Gasteiger charge is 2.15. The molecule has 1 heterocycles. The van der Waals surface area contributed by atoms with Gasteiger partial charge < -0.3 is 10.6 Å². The SMILES string of the molecule is CCNC(C)CC(=O)NC(CC)c1cccs1. The van der Waals surface area contributed by atoms with Crippen LogP contribution in [0.15, 0.2) is 17.5 Å². The first-order chi connectivity index (χ1) is 8.17. The lowest BCUT2D eigenvalue weighted by molar-refractivity contribution is -0.122. The maximum Gasteiger partial charge on any atom is 0.222 e. The number of hydrogen-bond acceptors (Lipinski definition) is 3. The van der Waals surface area contributed by atoms with Gasteiger partial charge in [-0.15, -0.1) is 11.3 Å². The Morgan fingerprint density at radius 2 is 2.24 bits per heavy atom. The zero-order valence-corrected chi connectivity index (χ0v) is 11.6. The average molecular weight is 254 g/mol. The summed E-state index contributed by atoms with van der Waals surface area (Å²) in [6.07, 6.45) is 1.47. The highest BCUT2D eigenvalue weighted by atomic mass is 32.1. The van der Waals surface area contributed by atoms with E-state index in [0.29, 0.717) is 6.42 Å². The van der Waals surface area contributed by atoms with Crippen molar-refractivity contribution in [2.75, 3.05) is 6.54 Å². The molecule has 0 fully saturated rings. The molecule has 4 heteroatoms. The summed E-state index contributed by atoms with van der Waals surface area (Å²) in [5.41, 5.74) is 0. The summed E-state index contributed by atoms with van der Waals surface area (Å²) in [6, 6.07) is 4.50. The molecule has 0 spiro atoms. The molecule has 3 nitrogen and oxygen atoms in total. The molecule has 1 aromatic heterocycles. The van der Waals surface area contributed by atoms with Gasteiger partial charge in [-0.3, -0.25) is 4.79 Å². The molecule has 2 unspecified atom stereocenters. The van der Waals surface area contributed by atoms with Gasteiger partial charge in [-0.25, -0.2) is 0 Å². The summed E-state index contributed by atoms with van der Waals surface area (Å²) in [5.74, 6) is 0.124. The van der Waals surface area contributed by atoms with Crippen molar-refractivity contribution in [2.24, 2.45) is 0 Å². The number of carbonyl (C=O) groups is 1. The summed E-state index contributed by atoms with van der Waals surface area (Å²) in [5, 5.41) is 8.38. The van der Waals surface area contributed by atoms with Gasteiger partial charge in [-0.2, -0.15) is 0 Å². The topological polar surface area (TPSA) is 41.1 Å². The summed E-state index contributed by atoms with van der Waals surface area (Å²) >= 11 is 1.70. The second-order valence-corrected chi connectivity index (χ2v) is 5.19. The lowest BCUT2D eigenvalue weighted by Crippen LogP contribution is -2.35. The first kappa shape index (κ1) is 14.2. The lowest BCUT2D eigenvalue weighted by Gasteiger charge is -2.17. The minimum absolute atomic E-state index is 0.124. The van der Waals surface area contributed by atoms with Crippen molar-refractivity contribution in [3.63, 3.8) is 0 Å². The summed E-state index contributed by atoms with van der Waals surface area (Å²) in [6.45, 7) is 7.08. The van der Waals surface area contributed by atoms with Crippen molar-refractivity contribution in [2.45, 2.75) is 45.7 Å². The van der Waals surface area contributed by atoms with E-state index >= 15 is 0 Å². The Labute approximate surface area is 108 Å². The van der Waals surface area contributed by atoms with E-state index in [1.165, 1.54) is 4.88 Å². The molecule has 2 atom stereocenters. The number of amides is 1. The minimum Gasteiger partial charge on any atom is -0.348 e. The van der Waals surface area contributed by atoms with E-state index in [2.05, 4.69) is 30.5 Å². The number of nitrogens with one attached hydrogen (secondary N) is 2. The lowest BCUT2D eigenvalue weighted by atomic mass is 10.1. The predicted octanol–water partition coefficient (Wildman–Crippen LogP) is 2.70. The number of hydrogen-bond donors (Lipinski definition) is 2. The molecule has 0 bridgehead atoms. The van der Waals surface area contributed by atoms with E-state index in [0.717, 1.165) is 13.0 Å². The van der Waals surface area contributed by atoms with Crippen LogP contribution in [0.3, 0.4) is 0 Å². The van der Waals surface area contributed by atoms with Crippen LogP contribution in [0.2, 0.25) is 0 Å². The van der Waals surface area contributed by atoms with Crippen LogP contribution < -0.4 is 10.6 Å². The van der Waals surface area contributed by atoms with Crippen LogP contribution in [0, 0.1) is 0 Å². The second-order valence-electron chi connectivity index (χ2n) is 4.21. The Bertz CT molecular complexity index is 324. The first-order valence-electron chi connectivity index (χ1n) is 6.23. The van der Waals surface area contributed by atoms with E-state index < -0.39 is 0 Å². The van der Waals surface area contributed by atoms with E-state index in [9.17, 15) is 4.79 Å². The van der Waals surface area contributed by atoms with Gasteiger partial charge >= 0.3 is 0 Å². The fraction of sp³-hybridized carbons (Fsp3) is 0.615. The van der Waals surface area contributed by atoms with E-state index in [4.69, 9.17) is 0 Å². The number of rotatable bonds is 7. The van der Waals surface area contributed by atoms with Crippen molar-refractivity contribution in [1.82, 2.24) is 10.6 Å². The van der Waals surface area contributed by atoms with Crippen molar-refractivity contribution in [3.8, 4) is 0 Å². The minimum atomic E-state index is 0.124. The van der Waals surface area contributed by atoms with Gasteiger partial charge in [0.05, 0.1) is 6.04 Å². The van der Waals surface area contributed by atoms with Gasteiger partial charge in [0, 0.05) is 17.3 Å². The maximum atomic E-state index is 11.8. The standard InChI is InChI=1S/C13H22N2OS/c1-4-11(12-7-6-8-17-12)15-13(16)9-10(3)14-5-2/h6-8,10-11,14H,4-5,9H2,1-3H3,(H,15,16). The molecule has 0 aliphatic rings. The molecule has 0 aliphatic carbocycles. The van der Waals surface area contributed by atoms with Crippen molar-refractivity contribution < 1.29 is 4.79 Å². The maximum absolute atomic E-state index is 11.8.